The second-order valence-electron chi connectivity index (χ2n) is 7.33. The first kappa shape index (κ1) is 20.8. The molecule has 3 heterocycles. The van der Waals surface area contributed by atoms with E-state index in [0.717, 1.165) is 16.0 Å². The van der Waals surface area contributed by atoms with Crippen LogP contribution in [0.15, 0.2) is 74.9 Å². The SMILES string of the molecule is Cc1ccc(-c2nnc(-c3ccc(C(=O)OC(C)c4nnc(-c5cccs5)o4)cc3)o2)cc1. The van der Waals surface area contributed by atoms with Crippen LogP contribution in [0.5, 0.6) is 0 Å². The monoisotopic (exact) mass is 458 g/mol. The first-order chi connectivity index (χ1) is 16.1. The Morgan fingerprint density at radius 2 is 1.48 bits per heavy atom. The number of benzene rings is 2. The number of thiophene rings is 1. The summed E-state index contributed by atoms with van der Waals surface area (Å²) in [6, 6.07) is 18.4. The van der Waals surface area contributed by atoms with Crippen LogP contribution in [0.25, 0.3) is 33.7 Å². The number of aromatic nitrogens is 4. The first-order valence-electron chi connectivity index (χ1n) is 10.2. The zero-order valence-electron chi connectivity index (χ0n) is 17.8. The van der Waals surface area contributed by atoms with Gasteiger partial charge in [-0.15, -0.1) is 31.7 Å². The summed E-state index contributed by atoms with van der Waals surface area (Å²) in [5.41, 5.74) is 3.07. The third kappa shape index (κ3) is 4.44. The van der Waals surface area contributed by atoms with Gasteiger partial charge in [0.15, 0.2) is 6.10 Å². The van der Waals surface area contributed by atoms with Gasteiger partial charge in [-0.3, -0.25) is 0 Å². The number of ether oxygens (including phenoxy) is 1. The van der Waals surface area contributed by atoms with E-state index in [1.807, 2.05) is 48.7 Å². The molecule has 0 fully saturated rings. The van der Waals surface area contributed by atoms with Crippen LogP contribution in [-0.2, 0) is 4.74 Å². The molecule has 1 atom stereocenters. The summed E-state index contributed by atoms with van der Waals surface area (Å²) in [5.74, 6) is 0.931. The molecule has 0 amide bonds. The average molecular weight is 458 g/mol. The zero-order chi connectivity index (χ0) is 22.8. The highest BCUT2D eigenvalue weighted by Gasteiger charge is 2.20. The fourth-order valence-electron chi connectivity index (χ4n) is 3.08. The van der Waals surface area contributed by atoms with Gasteiger partial charge in [0.25, 0.3) is 11.8 Å². The Labute approximate surface area is 192 Å². The number of aryl methyl sites for hydroxylation is 1. The van der Waals surface area contributed by atoms with Gasteiger partial charge in [-0.25, -0.2) is 4.79 Å². The molecule has 5 aromatic rings. The van der Waals surface area contributed by atoms with Crippen molar-refractivity contribution in [3.8, 4) is 33.7 Å². The molecular weight excluding hydrogens is 440 g/mol. The number of hydrogen-bond donors (Lipinski definition) is 0. The van der Waals surface area contributed by atoms with Crippen molar-refractivity contribution in [1.82, 2.24) is 20.4 Å². The Morgan fingerprint density at radius 1 is 0.848 bits per heavy atom. The molecule has 0 saturated heterocycles. The van der Waals surface area contributed by atoms with E-state index in [0.29, 0.717) is 28.8 Å². The van der Waals surface area contributed by atoms with Gasteiger partial charge in [0, 0.05) is 11.1 Å². The smallest absolute Gasteiger partial charge is 0.338 e. The van der Waals surface area contributed by atoms with Crippen molar-refractivity contribution in [2.45, 2.75) is 20.0 Å². The summed E-state index contributed by atoms with van der Waals surface area (Å²) in [6.07, 6.45) is -0.689. The number of carbonyl (C=O) groups is 1. The lowest BCUT2D eigenvalue weighted by Crippen LogP contribution is -2.09. The van der Waals surface area contributed by atoms with Gasteiger partial charge in [0.1, 0.15) is 0 Å². The maximum absolute atomic E-state index is 12.6. The largest absolute Gasteiger partial charge is 0.449 e. The van der Waals surface area contributed by atoms with Crippen LogP contribution in [0.1, 0.15) is 34.8 Å². The zero-order valence-corrected chi connectivity index (χ0v) is 18.6. The molecule has 0 spiro atoms. The summed E-state index contributed by atoms with van der Waals surface area (Å²) >= 11 is 1.49. The van der Waals surface area contributed by atoms with E-state index >= 15 is 0 Å². The maximum atomic E-state index is 12.6. The fourth-order valence-corrected chi connectivity index (χ4v) is 3.72. The van der Waals surface area contributed by atoms with Crippen LogP contribution in [0, 0.1) is 6.92 Å². The minimum absolute atomic E-state index is 0.234. The van der Waals surface area contributed by atoms with Crippen molar-refractivity contribution in [2.75, 3.05) is 0 Å². The molecule has 2 aromatic carbocycles. The van der Waals surface area contributed by atoms with Crippen molar-refractivity contribution >= 4 is 17.3 Å². The standard InChI is InChI=1S/C24H18N4O4S/c1-14-5-7-16(8-6-14)21-26-27-22(32-21)17-9-11-18(12-10-17)24(29)30-15(2)20-25-28-23(31-20)19-4-3-13-33-19/h3-13,15H,1-2H3. The second-order valence-corrected chi connectivity index (χ2v) is 8.27. The van der Waals surface area contributed by atoms with Gasteiger partial charge in [-0.05, 0) is 61.7 Å². The van der Waals surface area contributed by atoms with Gasteiger partial charge in [0.05, 0.1) is 10.4 Å². The summed E-state index contributed by atoms with van der Waals surface area (Å²) in [7, 11) is 0. The highest BCUT2D eigenvalue weighted by molar-refractivity contribution is 7.13. The third-order valence-electron chi connectivity index (χ3n) is 4.90. The summed E-state index contributed by atoms with van der Waals surface area (Å²) in [5, 5.41) is 18.1. The predicted molar refractivity (Wildman–Crippen MR) is 121 cm³/mol. The second kappa shape index (κ2) is 8.79. The number of hydrogen-bond acceptors (Lipinski definition) is 9. The van der Waals surface area contributed by atoms with E-state index in [9.17, 15) is 4.79 Å². The van der Waals surface area contributed by atoms with E-state index in [1.54, 1.807) is 31.2 Å². The Kier molecular flexibility index (Phi) is 5.54. The minimum Gasteiger partial charge on any atom is -0.449 e. The molecular formula is C24H18N4O4S. The highest BCUT2D eigenvalue weighted by Crippen LogP contribution is 2.27. The van der Waals surface area contributed by atoms with E-state index in [-0.39, 0.29) is 5.89 Å². The van der Waals surface area contributed by atoms with E-state index in [2.05, 4.69) is 20.4 Å². The summed E-state index contributed by atoms with van der Waals surface area (Å²) in [4.78, 5) is 13.4. The number of rotatable bonds is 6. The normalized spacial score (nSPS) is 11.9. The Bertz CT molecular complexity index is 1370. The predicted octanol–water partition coefficient (Wildman–Crippen LogP) is 5.74. The molecule has 0 aliphatic heterocycles. The molecule has 0 aliphatic carbocycles. The molecule has 164 valence electrons. The van der Waals surface area contributed by atoms with Crippen LogP contribution < -0.4 is 0 Å². The molecule has 1 unspecified atom stereocenters. The number of nitrogens with zero attached hydrogens (tertiary/aromatic N) is 4. The number of carbonyl (C=O) groups excluding carboxylic acids is 1. The van der Waals surface area contributed by atoms with E-state index < -0.39 is 12.1 Å². The molecule has 33 heavy (non-hydrogen) atoms. The maximum Gasteiger partial charge on any atom is 0.338 e. The Balaban J connectivity index is 1.26. The molecule has 0 saturated carbocycles. The van der Waals surface area contributed by atoms with Crippen molar-refractivity contribution in [1.29, 1.82) is 0 Å². The highest BCUT2D eigenvalue weighted by atomic mass is 32.1. The van der Waals surface area contributed by atoms with E-state index in [4.69, 9.17) is 13.6 Å². The Morgan fingerprint density at radius 3 is 2.12 bits per heavy atom. The Hall–Kier alpha value is -4.11. The average Bonchev–Trinajstić information content (AvgIpc) is 3.61. The molecule has 8 nitrogen and oxygen atoms in total. The van der Waals surface area contributed by atoms with Gasteiger partial charge in [-0.1, -0.05) is 23.8 Å². The molecule has 0 bridgehead atoms. The van der Waals surface area contributed by atoms with Crippen molar-refractivity contribution < 1.29 is 18.4 Å². The van der Waals surface area contributed by atoms with E-state index in [1.165, 1.54) is 11.3 Å². The van der Waals surface area contributed by atoms with Gasteiger partial charge < -0.3 is 13.6 Å². The molecule has 0 aliphatic rings. The van der Waals surface area contributed by atoms with Gasteiger partial charge in [0.2, 0.25) is 11.8 Å². The number of esters is 1. The molecule has 9 heteroatoms. The lowest BCUT2D eigenvalue weighted by Gasteiger charge is -2.09. The topological polar surface area (TPSA) is 104 Å². The first-order valence-corrected chi connectivity index (χ1v) is 11.0. The fraction of sp³-hybridized carbons (Fsp3) is 0.125. The van der Waals surface area contributed by atoms with Crippen LogP contribution in [0.2, 0.25) is 0 Å². The summed E-state index contributed by atoms with van der Waals surface area (Å²) < 4.78 is 16.9. The van der Waals surface area contributed by atoms with Crippen molar-refractivity contribution in [2.24, 2.45) is 0 Å². The summed E-state index contributed by atoms with van der Waals surface area (Å²) in [6.45, 7) is 3.70. The van der Waals surface area contributed by atoms with Gasteiger partial charge >= 0.3 is 5.97 Å². The van der Waals surface area contributed by atoms with Gasteiger partial charge in [-0.2, -0.15) is 0 Å². The molecule has 5 rings (SSSR count). The van der Waals surface area contributed by atoms with Crippen molar-refractivity contribution in [3.63, 3.8) is 0 Å². The lowest BCUT2D eigenvalue weighted by atomic mass is 10.1. The minimum atomic E-state index is -0.689. The van der Waals surface area contributed by atoms with Crippen molar-refractivity contribution in [3.05, 3.63) is 83.1 Å². The van der Waals surface area contributed by atoms with Crippen LogP contribution >= 0.6 is 11.3 Å². The van der Waals surface area contributed by atoms with Crippen LogP contribution in [0.3, 0.4) is 0 Å². The molecule has 0 N–H and O–H groups in total. The van der Waals surface area contributed by atoms with Crippen LogP contribution in [0.4, 0.5) is 0 Å². The lowest BCUT2D eigenvalue weighted by molar-refractivity contribution is 0.0280. The quantitative estimate of drug-likeness (QED) is 0.297. The molecule has 3 aromatic heterocycles. The molecule has 0 radical (unpaired) electrons. The third-order valence-corrected chi connectivity index (χ3v) is 5.75. The van der Waals surface area contributed by atoms with Crippen LogP contribution in [-0.4, -0.2) is 26.4 Å².